The Kier molecular flexibility index (Phi) is 9.87. The fraction of sp³-hybridized carbons (Fsp3) is 0.0476. The number of fused-ring (bicyclic) bond motifs is 1. The summed E-state index contributed by atoms with van der Waals surface area (Å²) in [5.74, 6) is 1.06. The fourth-order valence-electron chi connectivity index (χ4n) is 5.40. The summed E-state index contributed by atoms with van der Waals surface area (Å²) in [6.07, 6.45) is 4.77. The molecule has 0 aliphatic rings. The maximum absolute atomic E-state index is 12.5. The Balaban J connectivity index is 1.30. The van der Waals surface area contributed by atoms with Crippen LogP contribution in [0.2, 0.25) is 5.02 Å². The summed E-state index contributed by atoms with van der Waals surface area (Å²) in [7, 11) is 0. The second-order valence-corrected chi connectivity index (χ2v) is 12.9. The Morgan fingerprint density at radius 3 is 1.98 bits per heavy atom. The number of nitrogens with zero attached hydrogens (tertiary/aromatic N) is 1. The van der Waals surface area contributed by atoms with Crippen LogP contribution in [0.15, 0.2) is 146 Å². The fourth-order valence-corrected chi connectivity index (χ4v) is 6.61. The molecule has 0 saturated heterocycles. The quantitative estimate of drug-likeness (QED) is 0.128. The lowest BCUT2D eigenvalue weighted by Gasteiger charge is -2.14. The van der Waals surface area contributed by atoms with E-state index >= 15 is 0 Å². The molecule has 7 aromatic rings. The van der Waals surface area contributed by atoms with Crippen molar-refractivity contribution in [3.63, 3.8) is 0 Å². The lowest BCUT2D eigenvalue weighted by molar-refractivity contribution is -0.130. The van der Waals surface area contributed by atoms with E-state index in [2.05, 4.69) is 41.4 Å². The van der Waals surface area contributed by atoms with E-state index in [1.807, 2.05) is 60.7 Å². The molecule has 8 heteroatoms. The largest absolute Gasteiger partial charge is 0.485 e. The average molecular weight is 696 g/mol. The van der Waals surface area contributed by atoms with E-state index in [1.54, 1.807) is 54.9 Å². The van der Waals surface area contributed by atoms with Crippen molar-refractivity contribution in [1.29, 1.82) is 0 Å². The van der Waals surface area contributed by atoms with Crippen molar-refractivity contribution >= 4 is 50.6 Å². The normalized spacial score (nSPS) is 11.3. The third kappa shape index (κ3) is 7.70. The number of carbonyl (C=O) groups is 1. The molecule has 7 rings (SSSR count). The average Bonchev–Trinajstić information content (AvgIpc) is 3.49. The number of carboxylic acid groups (broad SMARTS) is 1. The highest BCUT2D eigenvalue weighted by Gasteiger charge is 2.21. The molecule has 0 atom stereocenters. The maximum Gasteiger partial charge on any atom is 0.336 e. The van der Waals surface area contributed by atoms with Gasteiger partial charge in [0.15, 0.2) is 17.2 Å². The first kappa shape index (κ1) is 32.6. The standard InChI is InChI=1S/C42H30ClNO5S/c43-33-15-17-34(18-16-33)49-41-36-23-37(47-27-29-11-13-31(14-12-29)30-9-5-2-6-10-30)38(48-26-28-7-3-1-4-8-28)25-39(36)50-40(41)24-35(42(45)46)32-19-21-44-22-20-32/h1-25H,26-27H2,(H,45,46). The lowest BCUT2D eigenvalue weighted by atomic mass is 10.0. The number of benzene rings is 5. The van der Waals surface area contributed by atoms with Crippen LogP contribution in [0.5, 0.6) is 23.0 Å². The van der Waals surface area contributed by atoms with Gasteiger partial charge in [0, 0.05) is 33.6 Å². The number of ether oxygens (including phenoxy) is 3. The molecule has 0 bridgehead atoms. The third-order valence-electron chi connectivity index (χ3n) is 7.96. The Morgan fingerprint density at radius 2 is 1.32 bits per heavy atom. The van der Waals surface area contributed by atoms with Crippen molar-refractivity contribution in [3.05, 3.63) is 172 Å². The maximum atomic E-state index is 12.5. The summed E-state index contributed by atoms with van der Waals surface area (Å²) in [4.78, 5) is 17.2. The molecule has 0 radical (unpaired) electrons. The van der Waals surface area contributed by atoms with Gasteiger partial charge in [-0.1, -0.05) is 96.5 Å². The van der Waals surface area contributed by atoms with Crippen LogP contribution in [-0.2, 0) is 18.0 Å². The summed E-state index contributed by atoms with van der Waals surface area (Å²) in [6, 6.07) is 42.6. The number of aliphatic carboxylic acids is 1. The first-order chi connectivity index (χ1) is 24.5. The molecule has 2 heterocycles. The highest BCUT2D eigenvalue weighted by atomic mass is 35.5. The molecule has 0 unspecified atom stereocenters. The molecular formula is C42H30ClNO5S. The zero-order valence-corrected chi connectivity index (χ0v) is 28.2. The van der Waals surface area contributed by atoms with Crippen LogP contribution in [0.1, 0.15) is 21.6 Å². The number of aromatic nitrogens is 1. The number of thiophene rings is 1. The van der Waals surface area contributed by atoms with Crippen LogP contribution in [0.4, 0.5) is 0 Å². The second-order valence-electron chi connectivity index (χ2n) is 11.4. The molecule has 246 valence electrons. The number of hydrogen-bond donors (Lipinski definition) is 1. The van der Waals surface area contributed by atoms with Crippen molar-refractivity contribution in [3.8, 4) is 34.1 Å². The van der Waals surface area contributed by atoms with Gasteiger partial charge in [0.1, 0.15) is 19.0 Å². The Labute approximate surface area is 298 Å². The van der Waals surface area contributed by atoms with Crippen LogP contribution < -0.4 is 14.2 Å². The molecule has 6 nitrogen and oxygen atoms in total. The highest BCUT2D eigenvalue weighted by Crippen LogP contribution is 2.47. The Morgan fingerprint density at radius 1 is 0.720 bits per heavy atom. The molecular weight excluding hydrogens is 666 g/mol. The van der Waals surface area contributed by atoms with Gasteiger partial charge in [-0.3, -0.25) is 4.98 Å². The van der Waals surface area contributed by atoms with E-state index in [0.29, 0.717) is 51.7 Å². The SMILES string of the molecule is O=C(O)C(=Cc1sc2cc(OCc3ccccc3)c(OCc3ccc(-c4ccccc4)cc3)cc2c1Oc1ccc(Cl)cc1)c1ccncc1. The Bertz CT molecular complexity index is 2250. The molecule has 0 spiro atoms. The topological polar surface area (TPSA) is 77.9 Å². The van der Waals surface area contributed by atoms with E-state index in [4.69, 9.17) is 25.8 Å². The molecule has 0 fully saturated rings. The van der Waals surface area contributed by atoms with Gasteiger partial charge < -0.3 is 19.3 Å². The number of rotatable bonds is 12. The van der Waals surface area contributed by atoms with Gasteiger partial charge in [-0.2, -0.15) is 0 Å². The number of hydrogen-bond acceptors (Lipinski definition) is 6. The summed E-state index contributed by atoms with van der Waals surface area (Å²) >= 11 is 7.57. The first-order valence-corrected chi connectivity index (χ1v) is 17.0. The predicted octanol–water partition coefficient (Wildman–Crippen LogP) is 11.2. The minimum Gasteiger partial charge on any atom is -0.485 e. The first-order valence-electron chi connectivity index (χ1n) is 15.8. The minimum atomic E-state index is -1.07. The van der Waals surface area contributed by atoms with Gasteiger partial charge in [0.2, 0.25) is 0 Å². The Hall–Kier alpha value is -5.89. The van der Waals surface area contributed by atoms with E-state index in [0.717, 1.165) is 32.3 Å². The molecule has 2 aromatic heterocycles. The molecule has 0 aliphatic carbocycles. The van der Waals surface area contributed by atoms with E-state index < -0.39 is 5.97 Å². The predicted molar refractivity (Wildman–Crippen MR) is 200 cm³/mol. The van der Waals surface area contributed by atoms with Gasteiger partial charge in [-0.05, 0) is 76.4 Å². The van der Waals surface area contributed by atoms with Crippen molar-refractivity contribution in [2.45, 2.75) is 13.2 Å². The summed E-state index contributed by atoms with van der Waals surface area (Å²) in [5, 5.41) is 11.5. The van der Waals surface area contributed by atoms with Crippen molar-refractivity contribution in [2.75, 3.05) is 0 Å². The zero-order chi connectivity index (χ0) is 34.3. The van der Waals surface area contributed by atoms with Gasteiger partial charge in [0.05, 0.1) is 10.5 Å². The second kappa shape index (κ2) is 15.1. The number of halogens is 1. The van der Waals surface area contributed by atoms with Crippen molar-refractivity contribution in [2.24, 2.45) is 0 Å². The highest BCUT2D eigenvalue weighted by molar-refractivity contribution is 7.20. The van der Waals surface area contributed by atoms with Gasteiger partial charge in [0.25, 0.3) is 0 Å². The number of carboxylic acids is 1. The van der Waals surface area contributed by atoms with Crippen LogP contribution in [0.25, 0.3) is 32.9 Å². The monoisotopic (exact) mass is 695 g/mol. The van der Waals surface area contributed by atoms with Gasteiger partial charge in [-0.25, -0.2) is 4.79 Å². The molecule has 0 saturated carbocycles. The van der Waals surface area contributed by atoms with Crippen LogP contribution in [-0.4, -0.2) is 16.1 Å². The zero-order valence-electron chi connectivity index (χ0n) is 26.7. The molecule has 0 amide bonds. The molecule has 0 aliphatic heterocycles. The molecule has 1 N–H and O–H groups in total. The summed E-state index contributed by atoms with van der Waals surface area (Å²) in [6.45, 7) is 0.643. The number of pyridine rings is 1. The molecule has 5 aromatic carbocycles. The minimum absolute atomic E-state index is 0.107. The third-order valence-corrected chi connectivity index (χ3v) is 9.29. The van der Waals surface area contributed by atoms with Crippen molar-refractivity contribution in [1.82, 2.24) is 4.98 Å². The van der Waals surface area contributed by atoms with Gasteiger partial charge >= 0.3 is 5.97 Å². The van der Waals surface area contributed by atoms with Crippen LogP contribution >= 0.6 is 22.9 Å². The molecule has 50 heavy (non-hydrogen) atoms. The van der Waals surface area contributed by atoms with Crippen molar-refractivity contribution < 1.29 is 24.1 Å². The van der Waals surface area contributed by atoms with Crippen LogP contribution in [0.3, 0.4) is 0 Å². The summed E-state index contributed by atoms with van der Waals surface area (Å²) in [5.41, 5.74) is 4.91. The van der Waals surface area contributed by atoms with E-state index in [1.165, 1.54) is 11.3 Å². The van der Waals surface area contributed by atoms with E-state index in [9.17, 15) is 9.90 Å². The summed E-state index contributed by atoms with van der Waals surface area (Å²) < 4.78 is 20.2. The van der Waals surface area contributed by atoms with Crippen LogP contribution in [0, 0.1) is 0 Å². The lowest BCUT2D eigenvalue weighted by Crippen LogP contribution is -2.01. The smallest absolute Gasteiger partial charge is 0.336 e. The van der Waals surface area contributed by atoms with Gasteiger partial charge in [-0.15, -0.1) is 11.3 Å². The van der Waals surface area contributed by atoms with E-state index in [-0.39, 0.29) is 5.57 Å².